The molecule has 9 heteroatoms. The van der Waals surface area contributed by atoms with Gasteiger partial charge in [-0.15, -0.1) is 0 Å². The van der Waals surface area contributed by atoms with Crippen LogP contribution in [0.25, 0.3) is 23.6 Å². The van der Waals surface area contributed by atoms with E-state index in [9.17, 15) is 26.3 Å². The van der Waals surface area contributed by atoms with Crippen LogP contribution in [-0.2, 0) is 5.41 Å². The van der Waals surface area contributed by atoms with Gasteiger partial charge < -0.3 is 10.2 Å². The normalized spacial score (nSPS) is 16.9. The SMILES string of the molecule is Nc1ccc(C(C2C=c3oc(-c4ccccc4)nc3=CC2)(C(F)(F)F)C(F)(F)F)cc1. The number of rotatable bonds is 3. The van der Waals surface area contributed by atoms with Crippen LogP contribution < -0.4 is 16.5 Å². The second-order valence-corrected chi connectivity index (χ2v) is 7.27. The molecule has 2 N–H and O–H groups in total. The Hall–Kier alpha value is -3.23. The predicted molar refractivity (Wildman–Crippen MR) is 103 cm³/mol. The van der Waals surface area contributed by atoms with E-state index in [0.29, 0.717) is 5.56 Å². The Morgan fingerprint density at radius 3 is 2.06 bits per heavy atom. The fourth-order valence-electron chi connectivity index (χ4n) is 3.97. The molecule has 0 amide bonds. The third kappa shape index (κ3) is 3.37. The lowest BCUT2D eigenvalue weighted by Crippen LogP contribution is -2.59. The number of anilines is 1. The van der Waals surface area contributed by atoms with Crippen molar-refractivity contribution < 1.29 is 30.8 Å². The van der Waals surface area contributed by atoms with Crippen molar-refractivity contribution in [2.24, 2.45) is 5.92 Å². The molecular formula is C22H16F6N2O. The minimum absolute atomic E-state index is 0.0613. The van der Waals surface area contributed by atoms with Crippen molar-refractivity contribution in [3.8, 4) is 11.5 Å². The molecule has 3 aromatic rings. The van der Waals surface area contributed by atoms with Gasteiger partial charge in [0.1, 0.15) is 5.35 Å². The minimum atomic E-state index is -5.63. The molecule has 1 heterocycles. The molecule has 1 atom stereocenters. The molecular weight excluding hydrogens is 422 g/mol. The monoisotopic (exact) mass is 438 g/mol. The maximum absolute atomic E-state index is 14.3. The minimum Gasteiger partial charge on any atom is -0.436 e. The summed E-state index contributed by atoms with van der Waals surface area (Å²) >= 11 is 0. The fraction of sp³-hybridized carbons (Fsp3) is 0.227. The number of halogens is 6. The molecule has 1 aliphatic carbocycles. The molecule has 0 bridgehead atoms. The van der Waals surface area contributed by atoms with E-state index in [1.807, 2.05) is 0 Å². The Balaban J connectivity index is 1.92. The molecule has 162 valence electrons. The molecule has 4 rings (SSSR count). The van der Waals surface area contributed by atoms with Crippen LogP contribution >= 0.6 is 0 Å². The average Bonchev–Trinajstić information content (AvgIpc) is 3.12. The number of oxazole rings is 1. The number of nitrogens with two attached hydrogens (primary N) is 1. The highest BCUT2D eigenvalue weighted by Crippen LogP contribution is 2.58. The topological polar surface area (TPSA) is 52.0 Å². The summed E-state index contributed by atoms with van der Waals surface area (Å²) in [5.74, 6) is -1.86. The first kappa shape index (κ1) is 21.0. The second-order valence-electron chi connectivity index (χ2n) is 7.27. The van der Waals surface area contributed by atoms with Crippen molar-refractivity contribution in [3.05, 3.63) is 70.9 Å². The quantitative estimate of drug-likeness (QED) is 0.482. The lowest BCUT2D eigenvalue weighted by Gasteiger charge is -2.42. The zero-order chi connectivity index (χ0) is 22.4. The summed E-state index contributed by atoms with van der Waals surface area (Å²) in [4.78, 5) is 4.21. The van der Waals surface area contributed by atoms with Crippen LogP contribution in [0.3, 0.4) is 0 Å². The molecule has 1 aliphatic rings. The van der Waals surface area contributed by atoms with Crippen molar-refractivity contribution in [1.29, 1.82) is 0 Å². The van der Waals surface area contributed by atoms with Crippen molar-refractivity contribution in [2.75, 3.05) is 5.73 Å². The highest BCUT2D eigenvalue weighted by Gasteiger charge is 2.74. The van der Waals surface area contributed by atoms with Crippen LogP contribution in [0.4, 0.5) is 32.0 Å². The molecule has 1 aromatic heterocycles. The molecule has 0 saturated heterocycles. The number of fused-ring (bicyclic) bond motifs is 1. The number of nitrogen functional groups attached to an aromatic ring is 1. The van der Waals surface area contributed by atoms with Crippen molar-refractivity contribution in [3.63, 3.8) is 0 Å². The highest BCUT2D eigenvalue weighted by molar-refractivity contribution is 5.54. The molecule has 0 saturated carbocycles. The van der Waals surface area contributed by atoms with Gasteiger partial charge in [0.2, 0.25) is 5.89 Å². The number of hydrogen-bond acceptors (Lipinski definition) is 3. The largest absolute Gasteiger partial charge is 0.436 e. The smallest absolute Gasteiger partial charge is 0.407 e. The Kier molecular flexibility index (Phi) is 4.87. The van der Waals surface area contributed by atoms with Crippen LogP contribution in [0.2, 0.25) is 0 Å². The number of nitrogens with zero attached hydrogens (tertiary/aromatic N) is 1. The van der Waals surface area contributed by atoms with Crippen LogP contribution in [-0.4, -0.2) is 17.3 Å². The first-order chi connectivity index (χ1) is 14.5. The summed E-state index contributed by atoms with van der Waals surface area (Å²) < 4.78 is 91.1. The van der Waals surface area contributed by atoms with Crippen molar-refractivity contribution >= 4 is 17.8 Å². The molecule has 1 unspecified atom stereocenters. The molecule has 2 aromatic carbocycles. The standard InChI is InChI=1S/C22H16F6N2O/c23-21(24,25)20(22(26,27)28,14-6-9-16(29)10-7-14)15-8-11-17-18(12-15)31-19(30-17)13-4-2-1-3-5-13/h1-7,9-12,15H,8,29H2. The van der Waals surface area contributed by atoms with Crippen molar-refractivity contribution in [2.45, 2.75) is 24.2 Å². The third-order valence-electron chi connectivity index (χ3n) is 5.44. The molecule has 31 heavy (non-hydrogen) atoms. The third-order valence-corrected chi connectivity index (χ3v) is 5.44. The van der Waals surface area contributed by atoms with Crippen LogP contribution in [0.1, 0.15) is 12.0 Å². The molecule has 0 fully saturated rings. The Labute approximate surface area is 172 Å². The van der Waals surface area contributed by atoms with E-state index in [4.69, 9.17) is 10.2 Å². The predicted octanol–water partition coefficient (Wildman–Crippen LogP) is 4.57. The van der Waals surface area contributed by atoms with Gasteiger partial charge in [-0.3, -0.25) is 0 Å². The molecule has 0 aliphatic heterocycles. The lowest BCUT2D eigenvalue weighted by atomic mass is 9.66. The number of hydrogen-bond donors (Lipinski definition) is 1. The van der Waals surface area contributed by atoms with E-state index in [1.54, 1.807) is 30.3 Å². The summed E-state index contributed by atoms with van der Waals surface area (Å²) in [6.07, 6.45) is -9.64. The van der Waals surface area contributed by atoms with Crippen LogP contribution in [0, 0.1) is 5.92 Å². The number of alkyl halides is 6. The van der Waals surface area contributed by atoms with Gasteiger partial charge in [-0.2, -0.15) is 26.3 Å². The van der Waals surface area contributed by atoms with Gasteiger partial charge in [0.25, 0.3) is 0 Å². The van der Waals surface area contributed by atoms with Crippen LogP contribution in [0.5, 0.6) is 0 Å². The molecule has 3 nitrogen and oxygen atoms in total. The zero-order valence-corrected chi connectivity index (χ0v) is 15.8. The van der Waals surface area contributed by atoms with Crippen molar-refractivity contribution in [1.82, 2.24) is 4.98 Å². The fourth-order valence-corrected chi connectivity index (χ4v) is 3.97. The number of benzene rings is 2. The highest BCUT2D eigenvalue weighted by atomic mass is 19.4. The second kappa shape index (κ2) is 7.18. The van der Waals surface area contributed by atoms with Gasteiger partial charge in [0, 0.05) is 17.2 Å². The van der Waals surface area contributed by atoms with E-state index >= 15 is 0 Å². The van der Waals surface area contributed by atoms with E-state index in [1.165, 1.54) is 6.08 Å². The summed E-state index contributed by atoms with van der Waals surface area (Å²) in [5, 5.41) is 0.214. The van der Waals surface area contributed by atoms with Gasteiger partial charge >= 0.3 is 12.4 Å². The Morgan fingerprint density at radius 1 is 0.871 bits per heavy atom. The first-order valence-corrected chi connectivity index (χ1v) is 9.28. The summed E-state index contributed by atoms with van der Waals surface area (Å²) in [6.45, 7) is 0. The van der Waals surface area contributed by atoms with E-state index in [0.717, 1.165) is 30.3 Å². The van der Waals surface area contributed by atoms with Gasteiger partial charge in [0.05, 0.1) is 0 Å². The van der Waals surface area contributed by atoms with Gasteiger partial charge in [-0.05, 0) is 42.3 Å². The summed E-state index contributed by atoms with van der Waals surface area (Å²) in [5.41, 5.74) is 0.924. The zero-order valence-electron chi connectivity index (χ0n) is 15.8. The molecule has 0 radical (unpaired) electrons. The van der Waals surface area contributed by atoms with E-state index in [-0.39, 0.29) is 22.3 Å². The van der Waals surface area contributed by atoms with E-state index < -0.39 is 35.7 Å². The average molecular weight is 438 g/mol. The lowest BCUT2D eigenvalue weighted by molar-refractivity contribution is -0.313. The first-order valence-electron chi connectivity index (χ1n) is 9.28. The van der Waals surface area contributed by atoms with Gasteiger partial charge in [-0.25, -0.2) is 4.98 Å². The molecule has 0 spiro atoms. The van der Waals surface area contributed by atoms with Gasteiger partial charge in [-0.1, -0.05) is 36.4 Å². The summed E-state index contributed by atoms with van der Waals surface area (Å²) in [6, 6.07) is 12.2. The Bertz CT molecular complexity index is 1180. The maximum Gasteiger partial charge on any atom is 0.407 e. The van der Waals surface area contributed by atoms with Crippen LogP contribution in [0.15, 0.2) is 59.0 Å². The van der Waals surface area contributed by atoms with E-state index in [2.05, 4.69) is 4.98 Å². The Morgan fingerprint density at radius 2 is 1.48 bits per heavy atom. The summed E-state index contributed by atoms with van der Waals surface area (Å²) in [7, 11) is 0. The number of aromatic nitrogens is 1. The maximum atomic E-state index is 14.3. The van der Waals surface area contributed by atoms with Gasteiger partial charge in [0.15, 0.2) is 10.8 Å².